The van der Waals surface area contributed by atoms with Gasteiger partial charge in [0.2, 0.25) is 21.8 Å². The summed E-state index contributed by atoms with van der Waals surface area (Å²) in [6.45, 7) is 5.83. The zero-order valence-corrected chi connectivity index (χ0v) is 26.3. The third-order valence-electron chi connectivity index (χ3n) is 6.33. The fraction of sp³-hybridized carbons (Fsp3) is 0.333. The Labute approximate surface area is 250 Å². The molecule has 0 radical (unpaired) electrons. The lowest BCUT2D eigenvalue weighted by Crippen LogP contribution is -2.53. The van der Waals surface area contributed by atoms with E-state index in [0.717, 1.165) is 26.2 Å². The molecule has 0 spiro atoms. The molecule has 40 heavy (non-hydrogen) atoms. The lowest BCUT2D eigenvalue weighted by molar-refractivity contribution is -0.140. The molecule has 0 saturated heterocycles. The van der Waals surface area contributed by atoms with E-state index in [9.17, 15) is 18.0 Å². The quantitative estimate of drug-likeness (QED) is 0.278. The highest BCUT2D eigenvalue weighted by Crippen LogP contribution is 2.26. The van der Waals surface area contributed by atoms with E-state index in [1.807, 2.05) is 68.4 Å². The van der Waals surface area contributed by atoms with Crippen molar-refractivity contribution in [2.24, 2.45) is 5.92 Å². The molecular weight excluding hydrogens is 614 g/mol. The first kappa shape index (κ1) is 31.6. The fourth-order valence-corrected chi connectivity index (χ4v) is 5.65. The number of nitrogens with one attached hydrogen (secondary N) is 1. The van der Waals surface area contributed by atoms with E-state index in [1.165, 1.54) is 4.90 Å². The molecule has 0 aliphatic rings. The maximum atomic E-state index is 14.1. The second-order valence-corrected chi connectivity index (χ2v) is 13.5. The first-order valence-electron chi connectivity index (χ1n) is 12.9. The number of hydrogen-bond donors (Lipinski definition) is 1. The van der Waals surface area contributed by atoms with E-state index in [1.54, 1.807) is 25.1 Å². The lowest BCUT2D eigenvalue weighted by atomic mass is 10.0. The number of hydrogen-bond acceptors (Lipinski definition) is 4. The van der Waals surface area contributed by atoms with E-state index in [4.69, 9.17) is 11.6 Å². The van der Waals surface area contributed by atoms with E-state index < -0.39 is 28.5 Å². The number of carbonyl (C=O) groups excluding carboxylic acids is 2. The molecule has 1 atom stereocenters. The van der Waals surface area contributed by atoms with Crippen molar-refractivity contribution in [3.63, 3.8) is 0 Å². The van der Waals surface area contributed by atoms with Crippen molar-refractivity contribution in [1.82, 2.24) is 10.2 Å². The summed E-state index contributed by atoms with van der Waals surface area (Å²) in [5, 5.41) is 3.44. The van der Waals surface area contributed by atoms with Crippen molar-refractivity contribution in [3.8, 4) is 0 Å². The van der Waals surface area contributed by atoms with Gasteiger partial charge in [0.1, 0.15) is 12.6 Å². The molecule has 7 nitrogen and oxygen atoms in total. The van der Waals surface area contributed by atoms with Crippen LogP contribution >= 0.6 is 27.5 Å². The van der Waals surface area contributed by atoms with Crippen molar-refractivity contribution in [3.05, 3.63) is 99.0 Å². The summed E-state index contributed by atoms with van der Waals surface area (Å²) in [6.07, 6.45) is 1.33. The van der Waals surface area contributed by atoms with Crippen LogP contribution in [-0.2, 0) is 32.6 Å². The molecule has 10 heteroatoms. The predicted molar refractivity (Wildman–Crippen MR) is 165 cm³/mol. The third kappa shape index (κ3) is 9.08. The second kappa shape index (κ2) is 14.1. The number of aryl methyl sites for hydroxylation is 1. The number of halogens is 2. The van der Waals surface area contributed by atoms with Crippen LogP contribution in [0.15, 0.2) is 77.3 Å². The fourth-order valence-electron chi connectivity index (χ4n) is 4.26. The average molecular weight is 649 g/mol. The van der Waals surface area contributed by atoms with Crippen molar-refractivity contribution >= 4 is 55.1 Å². The SMILES string of the molecule is Cc1cc(Cl)ccc1N(CC(=O)N(Cc1ccc(Br)cc1)C(Cc1ccccc1)C(=O)NCC(C)C)S(C)(=O)=O. The number of benzene rings is 3. The van der Waals surface area contributed by atoms with Crippen LogP contribution < -0.4 is 9.62 Å². The van der Waals surface area contributed by atoms with Gasteiger partial charge in [-0.3, -0.25) is 13.9 Å². The first-order valence-corrected chi connectivity index (χ1v) is 16.0. The average Bonchev–Trinajstić information content (AvgIpc) is 2.89. The van der Waals surface area contributed by atoms with Crippen molar-refractivity contribution < 1.29 is 18.0 Å². The molecule has 0 aliphatic carbocycles. The zero-order chi connectivity index (χ0) is 29.4. The number of nitrogens with zero attached hydrogens (tertiary/aromatic N) is 2. The molecule has 1 unspecified atom stereocenters. The van der Waals surface area contributed by atoms with Crippen LogP contribution in [0.2, 0.25) is 5.02 Å². The summed E-state index contributed by atoms with van der Waals surface area (Å²) in [5.41, 5.74) is 2.66. The van der Waals surface area contributed by atoms with Gasteiger partial charge in [0, 0.05) is 29.0 Å². The molecule has 3 aromatic rings. The summed E-state index contributed by atoms with van der Waals surface area (Å²) in [6, 6.07) is 20.9. The monoisotopic (exact) mass is 647 g/mol. The maximum absolute atomic E-state index is 14.1. The van der Waals surface area contributed by atoms with E-state index in [2.05, 4.69) is 21.2 Å². The Balaban J connectivity index is 2.06. The van der Waals surface area contributed by atoms with Gasteiger partial charge in [0.25, 0.3) is 0 Å². The van der Waals surface area contributed by atoms with Crippen LogP contribution in [0.25, 0.3) is 0 Å². The van der Waals surface area contributed by atoms with Gasteiger partial charge in [0.05, 0.1) is 11.9 Å². The van der Waals surface area contributed by atoms with Crippen LogP contribution in [0.4, 0.5) is 5.69 Å². The Morgan fingerprint density at radius 3 is 2.20 bits per heavy atom. The standard InChI is InChI=1S/C30H35BrClN3O4S/c1-21(2)18-33-30(37)28(17-23-8-6-5-7-9-23)34(19-24-10-12-25(31)13-11-24)29(36)20-35(40(4,38)39)27-15-14-26(32)16-22(27)3/h5-16,21,28H,17-20H2,1-4H3,(H,33,37). The summed E-state index contributed by atoms with van der Waals surface area (Å²) in [7, 11) is -3.85. The number of sulfonamides is 1. The van der Waals surface area contributed by atoms with Gasteiger partial charge < -0.3 is 10.2 Å². The smallest absolute Gasteiger partial charge is 0.244 e. The van der Waals surface area contributed by atoms with Crippen molar-refractivity contribution in [2.75, 3.05) is 23.7 Å². The first-order chi connectivity index (χ1) is 18.8. The van der Waals surface area contributed by atoms with E-state index >= 15 is 0 Å². The Kier molecular flexibility index (Phi) is 11.2. The van der Waals surface area contributed by atoms with Gasteiger partial charge in [-0.25, -0.2) is 8.42 Å². The molecule has 214 valence electrons. The number of amides is 2. The Hall–Kier alpha value is -2.88. The number of anilines is 1. The minimum atomic E-state index is -3.85. The van der Waals surface area contributed by atoms with Gasteiger partial charge in [-0.15, -0.1) is 0 Å². The van der Waals surface area contributed by atoms with Gasteiger partial charge in [-0.1, -0.05) is 83.8 Å². The highest BCUT2D eigenvalue weighted by molar-refractivity contribution is 9.10. The Morgan fingerprint density at radius 2 is 1.62 bits per heavy atom. The van der Waals surface area contributed by atoms with Gasteiger partial charge in [-0.2, -0.15) is 0 Å². The van der Waals surface area contributed by atoms with Crippen LogP contribution in [0.5, 0.6) is 0 Å². The second-order valence-electron chi connectivity index (χ2n) is 10.2. The summed E-state index contributed by atoms with van der Waals surface area (Å²) < 4.78 is 27.8. The van der Waals surface area contributed by atoms with Crippen molar-refractivity contribution in [1.29, 1.82) is 0 Å². The maximum Gasteiger partial charge on any atom is 0.244 e. The Morgan fingerprint density at radius 1 is 0.975 bits per heavy atom. The highest BCUT2D eigenvalue weighted by atomic mass is 79.9. The zero-order valence-electron chi connectivity index (χ0n) is 23.1. The molecular formula is C30H35BrClN3O4S. The minimum absolute atomic E-state index is 0.121. The third-order valence-corrected chi connectivity index (χ3v) is 8.22. The minimum Gasteiger partial charge on any atom is -0.354 e. The molecule has 0 bridgehead atoms. The normalized spacial score (nSPS) is 12.2. The molecule has 0 saturated carbocycles. The molecule has 0 aromatic heterocycles. The predicted octanol–water partition coefficient (Wildman–Crippen LogP) is 5.59. The van der Waals surface area contributed by atoms with Gasteiger partial charge in [0.15, 0.2) is 0 Å². The van der Waals surface area contributed by atoms with E-state index in [0.29, 0.717) is 22.8 Å². The molecule has 0 heterocycles. The summed E-state index contributed by atoms with van der Waals surface area (Å²) in [4.78, 5) is 29.2. The molecule has 0 aliphatic heterocycles. The molecule has 0 fully saturated rings. The molecule has 2 amide bonds. The topological polar surface area (TPSA) is 86.8 Å². The van der Waals surface area contributed by atoms with Crippen LogP contribution in [-0.4, -0.2) is 50.5 Å². The number of carbonyl (C=O) groups is 2. The van der Waals surface area contributed by atoms with Crippen LogP contribution in [0.3, 0.4) is 0 Å². The molecule has 1 N–H and O–H groups in total. The van der Waals surface area contributed by atoms with Crippen molar-refractivity contribution in [2.45, 2.75) is 39.8 Å². The number of rotatable bonds is 12. The largest absolute Gasteiger partial charge is 0.354 e. The van der Waals surface area contributed by atoms with Gasteiger partial charge in [-0.05, 0) is 59.9 Å². The van der Waals surface area contributed by atoms with Crippen LogP contribution in [0.1, 0.15) is 30.5 Å². The molecule has 3 rings (SSSR count). The lowest BCUT2D eigenvalue weighted by Gasteiger charge is -2.34. The summed E-state index contributed by atoms with van der Waals surface area (Å²) in [5.74, 6) is -0.578. The van der Waals surface area contributed by atoms with E-state index in [-0.39, 0.29) is 24.8 Å². The van der Waals surface area contributed by atoms with Crippen LogP contribution in [0, 0.1) is 12.8 Å². The summed E-state index contributed by atoms with van der Waals surface area (Å²) >= 11 is 9.54. The van der Waals surface area contributed by atoms with Gasteiger partial charge >= 0.3 is 0 Å². The highest BCUT2D eigenvalue weighted by Gasteiger charge is 2.33. The Bertz CT molecular complexity index is 1420. The molecule has 3 aromatic carbocycles.